The van der Waals surface area contributed by atoms with Gasteiger partial charge in [0.25, 0.3) is 0 Å². The van der Waals surface area contributed by atoms with E-state index < -0.39 is 0 Å². The molecule has 0 aromatic heterocycles. The maximum absolute atomic E-state index is 8.55. The van der Waals surface area contributed by atoms with Crippen LogP contribution in [0.3, 0.4) is 0 Å². The molecule has 206 valence electrons. The summed E-state index contributed by atoms with van der Waals surface area (Å²) in [4.78, 5) is 0. The van der Waals surface area contributed by atoms with Gasteiger partial charge in [0.15, 0.2) is 0 Å². The van der Waals surface area contributed by atoms with Crippen molar-refractivity contribution in [1.29, 1.82) is 0 Å². The lowest BCUT2D eigenvalue weighted by Gasteiger charge is -2.09. The summed E-state index contributed by atoms with van der Waals surface area (Å²) in [6, 6.07) is 0. The number of nitrogens with two attached hydrogens (primary N) is 1. The topological polar surface area (TPSA) is 139 Å². The van der Waals surface area contributed by atoms with Crippen LogP contribution in [0.15, 0.2) is 0 Å². The van der Waals surface area contributed by atoms with E-state index in [0.29, 0.717) is 139 Å². The molecule has 0 aromatic rings. The normalized spacial score (nSPS) is 11.5. The fourth-order valence-corrected chi connectivity index (χ4v) is 2.23. The lowest BCUT2D eigenvalue weighted by molar-refractivity contribution is -0.0267. The molecule has 34 heavy (non-hydrogen) atoms. The second kappa shape index (κ2) is 32.5. The second-order valence-electron chi connectivity index (χ2n) is 6.64. The smallest absolute Gasteiger partial charge is 0.0701 e. The van der Waals surface area contributed by atoms with Crippen LogP contribution in [0.2, 0.25) is 0 Å². The van der Waals surface area contributed by atoms with Gasteiger partial charge >= 0.3 is 0 Å². The van der Waals surface area contributed by atoms with Gasteiger partial charge in [-0.15, -0.1) is 0 Å². The second-order valence-corrected chi connectivity index (χ2v) is 6.64. The predicted octanol–water partition coefficient (Wildman–Crippen LogP) is -0.897. The molecule has 0 radical (unpaired) electrons. The Morgan fingerprint density at radius 2 is 0.471 bits per heavy atom. The van der Waals surface area contributed by atoms with Gasteiger partial charge in [0.1, 0.15) is 0 Å². The van der Waals surface area contributed by atoms with E-state index in [2.05, 4.69) is 0 Å². The molecule has 0 heterocycles. The maximum atomic E-state index is 8.55. The lowest BCUT2D eigenvalue weighted by atomic mass is 10.6. The minimum atomic E-state index is 0.0283. The number of hydrogen-bond donors (Lipinski definition) is 2. The number of hydrogen-bond acceptors (Lipinski definition) is 12. The molecular formula is C22H47NO11. The molecule has 3 N–H and O–H groups in total. The number of rotatable bonds is 31. The van der Waals surface area contributed by atoms with Gasteiger partial charge in [-0.25, -0.2) is 0 Å². The van der Waals surface area contributed by atoms with Crippen molar-refractivity contribution in [3.05, 3.63) is 0 Å². The van der Waals surface area contributed by atoms with Crippen LogP contribution in [0, 0.1) is 0 Å². The molecule has 0 fully saturated rings. The van der Waals surface area contributed by atoms with Gasteiger partial charge in [0.2, 0.25) is 0 Å². The standard InChI is InChI=1S/C22H47NO11/c23-1-3-25-5-7-27-9-11-29-13-15-31-17-19-33-21-22-34-20-18-32-16-14-30-12-10-28-8-6-26-4-2-24/h24H,1-23H2. The van der Waals surface area contributed by atoms with Crippen LogP contribution >= 0.6 is 0 Å². The molecule has 0 saturated carbocycles. The van der Waals surface area contributed by atoms with Crippen LogP contribution in [-0.2, 0) is 47.4 Å². The van der Waals surface area contributed by atoms with E-state index in [1.54, 1.807) is 0 Å². The number of aliphatic hydroxyl groups is 1. The minimum Gasteiger partial charge on any atom is -0.394 e. The molecule has 0 bridgehead atoms. The molecule has 0 aliphatic carbocycles. The minimum absolute atomic E-state index is 0.0283. The van der Waals surface area contributed by atoms with Crippen LogP contribution in [0.5, 0.6) is 0 Å². The Morgan fingerprint density at radius 1 is 0.294 bits per heavy atom. The molecule has 0 rings (SSSR count). The van der Waals surface area contributed by atoms with Crippen molar-refractivity contribution in [2.24, 2.45) is 5.73 Å². The molecule has 0 saturated heterocycles. The van der Waals surface area contributed by atoms with Crippen molar-refractivity contribution in [3.8, 4) is 0 Å². The summed E-state index contributed by atoms with van der Waals surface area (Å²) in [5.74, 6) is 0. The van der Waals surface area contributed by atoms with Crippen molar-refractivity contribution in [1.82, 2.24) is 0 Å². The highest BCUT2D eigenvalue weighted by molar-refractivity contribution is 4.38. The largest absolute Gasteiger partial charge is 0.394 e. The molecule has 12 heteroatoms. The summed E-state index contributed by atoms with van der Waals surface area (Å²) >= 11 is 0. The van der Waals surface area contributed by atoms with E-state index in [4.69, 9.17) is 58.2 Å². The Hall–Kier alpha value is -0.480. The third-order valence-corrected chi connectivity index (χ3v) is 3.85. The molecule has 0 aliphatic heterocycles. The van der Waals surface area contributed by atoms with Gasteiger partial charge in [-0.05, 0) is 0 Å². The van der Waals surface area contributed by atoms with Gasteiger partial charge in [0, 0.05) is 6.54 Å². The average molecular weight is 502 g/mol. The summed E-state index contributed by atoms with van der Waals surface area (Å²) in [5.41, 5.74) is 5.31. The number of aliphatic hydroxyl groups excluding tert-OH is 1. The Kier molecular flexibility index (Phi) is 32.1. The summed E-state index contributed by atoms with van der Waals surface area (Å²) in [6.45, 7) is 10.8. The van der Waals surface area contributed by atoms with Crippen molar-refractivity contribution in [2.75, 3.05) is 145 Å². The summed E-state index contributed by atoms with van der Waals surface area (Å²) in [5, 5.41) is 8.55. The van der Waals surface area contributed by atoms with Crippen molar-refractivity contribution in [2.45, 2.75) is 0 Å². The van der Waals surface area contributed by atoms with E-state index in [-0.39, 0.29) is 6.61 Å². The maximum Gasteiger partial charge on any atom is 0.0701 e. The van der Waals surface area contributed by atoms with Gasteiger partial charge < -0.3 is 58.2 Å². The van der Waals surface area contributed by atoms with Crippen molar-refractivity contribution < 1.29 is 52.5 Å². The van der Waals surface area contributed by atoms with Gasteiger partial charge in [0.05, 0.1) is 139 Å². The summed E-state index contributed by atoms with van der Waals surface area (Å²) < 4.78 is 53.4. The fourth-order valence-electron chi connectivity index (χ4n) is 2.23. The zero-order chi connectivity index (χ0) is 24.6. The SMILES string of the molecule is NCCOCCOCCOCCOCCOCCOCCOCCOCCOCCOCCO. The third-order valence-electron chi connectivity index (χ3n) is 3.85. The van der Waals surface area contributed by atoms with Gasteiger partial charge in [-0.2, -0.15) is 0 Å². The van der Waals surface area contributed by atoms with Crippen molar-refractivity contribution >= 4 is 0 Å². The Labute approximate surface area is 204 Å². The first-order chi connectivity index (χ1) is 16.9. The quantitative estimate of drug-likeness (QED) is 0.114. The first-order valence-corrected chi connectivity index (χ1v) is 12.0. The summed E-state index contributed by atoms with van der Waals surface area (Å²) in [6.07, 6.45) is 0. The molecule has 12 nitrogen and oxygen atoms in total. The van der Waals surface area contributed by atoms with Crippen LogP contribution in [0.4, 0.5) is 0 Å². The van der Waals surface area contributed by atoms with Crippen LogP contribution in [-0.4, -0.2) is 150 Å². The van der Waals surface area contributed by atoms with E-state index in [0.717, 1.165) is 0 Å². The zero-order valence-corrected chi connectivity index (χ0v) is 20.7. The molecule has 0 amide bonds. The Morgan fingerprint density at radius 3 is 0.647 bits per heavy atom. The molecule has 0 spiro atoms. The number of ether oxygens (including phenoxy) is 10. The highest BCUT2D eigenvalue weighted by atomic mass is 16.6. The van der Waals surface area contributed by atoms with E-state index >= 15 is 0 Å². The highest BCUT2D eigenvalue weighted by Crippen LogP contribution is 1.86. The Bertz CT molecular complexity index is 325. The first kappa shape index (κ1) is 33.5. The van der Waals surface area contributed by atoms with E-state index in [1.807, 2.05) is 0 Å². The van der Waals surface area contributed by atoms with E-state index in [9.17, 15) is 0 Å². The monoisotopic (exact) mass is 501 g/mol. The molecule has 0 atom stereocenters. The molecule has 0 aromatic carbocycles. The van der Waals surface area contributed by atoms with Crippen LogP contribution in [0.25, 0.3) is 0 Å². The Balaban J connectivity index is 2.99. The van der Waals surface area contributed by atoms with Crippen LogP contribution < -0.4 is 5.73 Å². The molecular weight excluding hydrogens is 454 g/mol. The van der Waals surface area contributed by atoms with Crippen molar-refractivity contribution in [3.63, 3.8) is 0 Å². The average Bonchev–Trinajstić information content (AvgIpc) is 2.85. The highest BCUT2D eigenvalue weighted by Gasteiger charge is 1.95. The zero-order valence-electron chi connectivity index (χ0n) is 20.7. The molecule has 0 unspecified atom stereocenters. The van der Waals surface area contributed by atoms with Gasteiger partial charge in [-0.3, -0.25) is 0 Å². The predicted molar refractivity (Wildman–Crippen MR) is 124 cm³/mol. The molecule has 0 aliphatic rings. The van der Waals surface area contributed by atoms with Gasteiger partial charge in [-0.1, -0.05) is 0 Å². The fraction of sp³-hybridized carbons (Fsp3) is 1.00. The third kappa shape index (κ3) is 31.5. The summed E-state index contributed by atoms with van der Waals surface area (Å²) in [7, 11) is 0. The van der Waals surface area contributed by atoms with E-state index in [1.165, 1.54) is 0 Å². The first-order valence-electron chi connectivity index (χ1n) is 12.0. The van der Waals surface area contributed by atoms with Crippen LogP contribution in [0.1, 0.15) is 0 Å². The lowest BCUT2D eigenvalue weighted by Crippen LogP contribution is -2.15.